The highest BCUT2D eigenvalue weighted by Crippen LogP contribution is 2.26. The van der Waals surface area contributed by atoms with Crippen LogP contribution < -0.4 is 15.8 Å². The Kier molecular flexibility index (Phi) is 5.24. The maximum atomic E-state index is 12.4. The van der Waals surface area contributed by atoms with Crippen molar-refractivity contribution in [2.45, 2.75) is 62.6 Å². The number of nitrogens with one attached hydrogen (secondary N) is 2. The molecule has 0 radical (unpaired) electrons. The third kappa shape index (κ3) is 4.18. The van der Waals surface area contributed by atoms with E-state index in [2.05, 4.69) is 10.0 Å². The Morgan fingerprint density at radius 3 is 2.52 bits per heavy atom. The smallest absolute Gasteiger partial charge is 0.242 e. The molecule has 1 saturated carbocycles. The highest BCUT2D eigenvalue weighted by Gasteiger charge is 2.25. The summed E-state index contributed by atoms with van der Waals surface area (Å²) in [5.41, 5.74) is 6.77. The largest absolute Gasteiger partial charge is 0.380 e. The van der Waals surface area contributed by atoms with E-state index in [1.165, 1.54) is 0 Å². The molecule has 118 valence electrons. The second-order valence-electron chi connectivity index (χ2n) is 5.97. The first-order valence-corrected chi connectivity index (χ1v) is 9.02. The fourth-order valence-corrected chi connectivity index (χ4v) is 4.15. The molecule has 6 heteroatoms. The van der Waals surface area contributed by atoms with Crippen molar-refractivity contribution in [3.05, 3.63) is 24.3 Å². The minimum Gasteiger partial charge on any atom is -0.380 e. The summed E-state index contributed by atoms with van der Waals surface area (Å²) in [4.78, 5) is 0.288. The van der Waals surface area contributed by atoms with Gasteiger partial charge in [-0.1, -0.05) is 25.0 Å². The zero-order valence-corrected chi connectivity index (χ0v) is 13.5. The standard InChI is InChI=1S/C15H25N3O2S/c1-11(2)18-21(19,20)15-10-6-5-9-14(15)17-13-8-4-3-7-12(13)16/h5-6,9-13,17-18H,3-4,7-8,16H2,1-2H3. The van der Waals surface area contributed by atoms with Gasteiger partial charge < -0.3 is 11.1 Å². The van der Waals surface area contributed by atoms with E-state index in [1.807, 2.05) is 19.9 Å². The number of nitrogens with two attached hydrogens (primary N) is 1. The summed E-state index contributed by atoms with van der Waals surface area (Å²) in [7, 11) is -3.51. The summed E-state index contributed by atoms with van der Waals surface area (Å²) in [6, 6.07) is 7.07. The van der Waals surface area contributed by atoms with E-state index in [-0.39, 0.29) is 23.0 Å². The highest BCUT2D eigenvalue weighted by molar-refractivity contribution is 7.89. The predicted molar refractivity (Wildman–Crippen MR) is 85.8 cm³/mol. The van der Waals surface area contributed by atoms with Crippen molar-refractivity contribution < 1.29 is 8.42 Å². The zero-order chi connectivity index (χ0) is 15.5. The van der Waals surface area contributed by atoms with E-state index >= 15 is 0 Å². The van der Waals surface area contributed by atoms with Gasteiger partial charge in [-0.25, -0.2) is 13.1 Å². The number of anilines is 1. The maximum Gasteiger partial charge on any atom is 0.242 e. The number of hydrogen-bond donors (Lipinski definition) is 3. The molecule has 2 unspecified atom stereocenters. The summed E-state index contributed by atoms with van der Waals surface area (Å²) in [6.07, 6.45) is 4.24. The van der Waals surface area contributed by atoms with Crippen molar-refractivity contribution in [3.8, 4) is 0 Å². The molecule has 2 rings (SSSR count). The average molecular weight is 311 g/mol. The van der Waals surface area contributed by atoms with Crippen molar-refractivity contribution in [1.82, 2.24) is 4.72 Å². The molecule has 0 saturated heterocycles. The topological polar surface area (TPSA) is 84.2 Å². The molecule has 1 aliphatic rings. The van der Waals surface area contributed by atoms with Gasteiger partial charge in [0.2, 0.25) is 10.0 Å². The lowest BCUT2D eigenvalue weighted by atomic mass is 9.91. The predicted octanol–water partition coefficient (Wildman–Crippen LogP) is 2.06. The van der Waals surface area contributed by atoms with Gasteiger partial charge in [0, 0.05) is 18.1 Å². The molecule has 0 spiro atoms. The number of para-hydroxylation sites is 1. The van der Waals surface area contributed by atoms with Crippen LogP contribution in [0.3, 0.4) is 0 Å². The van der Waals surface area contributed by atoms with E-state index in [4.69, 9.17) is 5.73 Å². The molecule has 5 nitrogen and oxygen atoms in total. The van der Waals surface area contributed by atoms with Crippen LogP contribution in [0.5, 0.6) is 0 Å². The summed E-state index contributed by atoms with van der Waals surface area (Å²) in [6.45, 7) is 3.62. The summed E-state index contributed by atoms with van der Waals surface area (Å²) in [5, 5.41) is 3.33. The van der Waals surface area contributed by atoms with E-state index in [9.17, 15) is 8.42 Å². The number of rotatable bonds is 5. The van der Waals surface area contributed by atoms with Crippen LogP contribution in [0.4, 0.5) is 5.69 Å². The molecule has 0 aromatic heterocycles. The fourth-order valence-electron chi connectivity index (χ4n) is 2.73. The van der Waals surface area contributed by atoms with Gasteiger partial charge in [0.15, 0.2) is 0 Å². The molecule has 0 amide bonds. The Bertz CT molecular complexity index is 572. The Balaban J connectivity index is 2.24. The Labute approximate surface area is 127 Å². The van der Waals surface area contributed by atoms with Gasteiger partial charge in [-0.05, 0) is 38.8 Å². The Morgan fingerprint density at radius 1 is 1.19 bits per heavy atom. The van der Waals surface area contributed by atoms with E-state index < -0.39 is 10.0 Å². The molecular formula is C15H25N3O2S. The maximum absolute atomic E-state index is 12.4. The first-order chi connectivity index (χ1) is 9.90. The van der Waals surface area contributed by atoms with Crippen LogP contribution in [0, 0.1) is 0 Å². The molecule has 0 heterocycles. The number of sulfonamides is 1. The molecular weight excluding hydrogens is 286 g/mol. The lowest BCUT2D eigenvalue weighted by Crippen LogP contribution is -2.43. The van der Waals surface area contributed by atoms with Crippen molar-refractivity contribution in [2.75, 3.05) is 5.32 Å². The molecule has 1 aromatic rings. The summed E-state index contributed by atoms with van der Waals surface area (Å²) >= 11 is 0. The molecule has 2 atom stereocenters. The lowest BCUT2D eigenvalue weighted by molar-refractivity contribution is 0.403. The van der Waals surface area contributed by atoms with Crippen LogP contribution >= 0.6 is 0 Å². The van der Waals surface area contributed by atoms with Gasteiger partial charge in [-0.15, -0.1) is 0 Å². The zero-order valence-electron chi connectivity index (χ0n) is 12.7. The van der Waals surface area contributed by atoms with E-state index in [0.29, 0.717) is 5.69 Å². The van der Waals surface area contributed by atoms with Crippen molar-refractivity contribution in [3.63, 3.8) is 0 Å². The van der Waals surface area contributed by atoms with Gasteiger partial charge in [0.25, 0.3) is 0 Å². The van der Waals surface area contributed by atoms with Gasteiger partial charge in [0.1, 0.15) is 4.90 Å². The van der Waals surface area contributed by atoms with Crippen LogP contribution in [0.2, 0.25) is 0 Å². The van der Waals surface area contributed by atoms with Gasteiger partial charge in [-0.3, -0.25) is 0 Å². The number of benzene rings is 1. The molecule has 1 aliphatic carbocycles. The second kappa shape index (κ2) is 6.77. The third-order valence-electron chi connectivity index (χ3n) is 3.73. The van der Waals surface area contributed by atoms with Crippen LogP contribution in [0.15, 0.2) is 29.2 Å². The molecule has 4 N–H and O–H groups in total. The Hall–Kier alpha value is -1.11. The van der Waals surface area contributed by atoms with Crippen LogP contribution in [-0.4, -0.2) is 26.5 Å². The van der Waals surface area contributed by atoms with Crippen LogP contribution in [0.25, 0.3) is 0 Å². The SMILES string of the molecule is CC(C)NS(=O)(=O)c1ccccc1NC1CCCCC1N. The first kappa shape index (κ1) is 16.3. The number of hydrogen-bond acceptors (Lipinski definition) is 4. The summed E-state index contributed by atoms with van der Waals surface area (Å²) < 4.78 is 27.4. The van der Waals surface area contributed by atoms with E-state index in [0.717, 1.165) is 25.7 Å². The Morgan fingerprint density at radius 2 is 1.86 bits per heavy atom. The quantitative estimate of drug-likeness (QED) is 0.777. The van der Waals surface area contributed by atoms with Crippen molar-refractivity contribution >= 4 is 15.7 Å². The van der Waals surface area contributed by atoms with Crippen LogP contribution in [-0.2, 0) is 10.0 Å². The monoisotopic (exact) mass is 311 g/mol. The van der Waals surface area contributed by atoms with Gasteiger partial charge in [0.05, 0.1) is 5.69 Å². The molecule has 0 aliphatic heterocycles. The van der Waals surface area contributed by atoms with Gasteiger partial charge in [-0.2, -0.15) is 0 Å². The van der Waals surface area contributed by atoms with Crippen molar-refractivity contribution in [1.29, 1.82) is 0 Å². The molecule has 1 fully saturated rings. The second-order valence-corrected chi connectivity index (χ2v) is 7.65. The molecule has 21 heavy (non-hydrogen) atoms. The minimum absolute atomic E-state index is 0.0765. The summed E-state index contributed by atoms with van der Waals surface area (Å²) in [5.74, 6) is 0. The highest BCUT2D eigenvalue weighted by atomic mass is 32.2. The minimum atomic E-state index is -3.51. The van der Waals surface area contributed by atoms with Gasteiger partial charge >= 0.3 is 0 Å². The lowest BCUT2D eigenvalue weighted by Gasteiger charge is -2.30. The van der Waals surface area contributed by atoms with Crippen molar-refractivity contribution in [2.24, 2.45) is 5.73 Å². The molecule has 1 aromatic carbocycles. The first-order valence-electron chi connectivity index (χ1n) is 7.53. The fraction of sp³-hybridized carbons (Fsp3) is 0.600. The average Bonchev–Trinajstić information content (AvgIpc) is 2.40. The normalized spacial score (nSPS) is 23.2. The van der Waals surface area contributed by atoms with E-state index in [1.54, 1.807) is 18.2 Å². The third-order valence-corrected chi connectivity index (χ3v) is 5.44. The molecule has 0 bridgehead atoms. The van der Waals surface area contributed by atoms with Crippen LogP contribution in [0.1, 0.15) is 39.5 Å².